The summed E-state index contributed by atoms with van der Waals surface area (Å²) in [6, 6.07) is 8.11. The molecule has 2 heterocycles. The third-order valence-corrected chi connectivity index (χ3v) is 5.47. The zero-order chi connectivity index (χ0) is 22.3. The van der Waals surface area contributed by atoms with Crippen molar-refractivity contribution in [2.75, 3.05) is 0 Å². The molecule has 0 saturated heterocycles. The first kappa shape index (κ1) is 20.7. The Morgan fingerprint density at radius 2 is 1.90 bits per heavy atom. The van der Waals surface area contributed by atoms with Gasteiger partial charge < -0.3 is 10.3 Å². The summed E-state index contributed by atoms with van der Waals surface area (Å²) in [6.07, 6.45) is 2.63. The van der Waals surface area contributed by atoms with Crippen molar-refractivity contribution in [3.05, 3.63) is 86.8 Å². The molecule has 0 radical (unpaired) electrons. The number of hydrogen-bond donors (Lipinski definition) is 2. The molecule has 0 spiro atoms. The van der Waals surface area contributed by atoms with E-state index in [9.17, 15) is 18.8 Å². The van der Waals surface area contributed by atoms with Gasteiger partial charge in [-0.2, -0.15) is 5.10 Å². The Hall–Kier alpha value is -3.55. The minimum atomic E-state index is -0.695. The van der Waals surface area contributed by atoms with E-state index >= 15 is 0 Å². The van der Waals surface area contributed by atoms with E-state index in [1.165, 1.54) is 18.2 Å². The number of rotatable bonds is 4. The Morgan fingerprint density at radius 1 is 1.19 bits per heavy atom. The first-order chi connectivity index (χ1) is 14.6. The largest absolute Gasteiger partial charge is 0.339 e. The molecule has 2 aromatic heterocycles. The van der Waals surface area contributed by atoms with Crippen molar-refractivity contribution in [3.63, 3.8) is 0 Å². The number of aromatic nitrogens is 3. The highest BCUT2D eigenvalue weighted by atomic mass is 19.1. The summed E-state index contributed by atoms with van der Waals surface area (Å²) < 4.78 is 15.0. The average molecular weight is 422 g/mol. The Morgan fingerprint density at radius 3 is 2.55 bits per heavy atom. The SMILES string of the molecule is Cn1ccc(C(NC(=O)c2cc3c([nH]c2=O)CC(C)(C)CC3=O)c2ccc(F)cc2)n1. The van der Waals surface area contributed by atoms with E-state index in [2.05, 4.69) is 15.4 Å². The first-order valence-corrected chi connectivity index (χ1v) is 9.98. The summed E-state index contributed by atoms with van der Waals surface area (Å²) >= 11 is 0. The van der Waals surface area contributed by atoms with E-state index < -0.39 is 23.3 Å². The van der Waals surface area contributed by atoms with Crippen LogP contribution in [-0.4, -0.2) is 26.5 Å². The number of carbonyl (C=O) groups is 2. The van der Waals surface area contributed by atoms with Crippen LogP contribution in [-0.2, 0) is 13.5 Å². The van der Waals surface area contributed by atoms with E-state index in [0.717, 1.165) is 0 Å². The fourth-order valence-electron chi connectivity index (χ4n) is 3.98. The molecule has 1 atom stereocenters. The highest BCUT2D eigenvalue weighted by molar-refractivity contribution is 6.02. The molecule has 1 aliphatic carbocycles. The third kappa shape index (κ3) is 4.19. The Labute approximate surface area is 178 Å². The van der Waals surface area contributed by atoms with Crippen molar-refractivity contribution in [1.29, 1.82) is 0 Å². The fraction of sp³-hybridized carbons (Fsp3) is 0.304. The fourth-order valence-corrected chi connectivity index (χ4v) is 3.98. The maximum atomic E-state index is 13.4. The molecule has 0 saturated carbocycles. The van der Waals surface area contributed by atoms with Gasteiger partial charge in [0.1, 0.15) is 11.4 Å². The van der Waals surface area contributed by atoms with Crippen molar-refractivity contribution < 1.29 is 14.0 Å². The number of benzene rings is 1. The topological polar surface area (TPSA) is 96.9 Å². The number of H-pyrrole nitrogens is 1. The van der Waals surface area contributed by atoms with Crippen LogP contribution in [0, 0.1) is 11.2 Å². The predicted octanol–water partition coefficient (Wildman–Crippen LogP) is 2.92. The maximum Gasteiger partial charge on any atom is 0.261 e. The second-order valence-corrected chi connectivity index (χ2v) is 8.72. The van der Waals surface area contributed by atoms with Gasteiger partial charge in [-0.15, -0.1) is 0 Å². The monoisotopic (exact) mass is 422 g/mol. The second kappa shape index (κ2) is 7.61. The van der Waals surface area contributed by atoms with Gasteiger partial charge >= 0.3 is 0 Å². The predicted molar refractivity (Wildman–Crippen MR) is 112 cm³/mol. The standard InChI is InChI=1S/C23H23FN4O3/c1-23(2)11-18-15(19(29)12-23)10-16(21(30)25-18)22(31)26-20(17-8-9-28(3)27-17)13-4-6-14(24)7-5-13/h4-10,20H,11-12H2,1-3H3,(H,25,30)(H,26,31). The smallest absolute Gasteiger partial charge is 0.261 e. The van der Waals surface area contributed by atoms with Crippen LogP contribution in [0.2, 0.25) is 0 Å². The van der Waals surface area contributed by atoms with E-state index in [-0.39, 0.29) is 16.8 Å². The zero-order valence-electron chi connectivity index (χ0n) is 17.5. The molecular weight excluding hydrogens is 399 g/mol. The van der Waals surface area contributed by atoms with Crippen LogP contribution >= 0.6 is 0 Å². The summed E-state index contributed by atoms with van der Waals surface area (Å²) in [4.78, 5) is 41.0. The van der Waals surface area contributed by atoms with E-state index in [0.29, 0.717) is 35.4 Å². The zero-order valence-corrected chi connectivity index (χ0v) is 17.5. The van der Waals surface area contributed by atoms with Gasteiger partial charge in [0.05, 0.1) is 11.7 Å². The number of carbonyl (C=O) groups excluding carboxylic acids is 2. The molecule has 160 valence electrons. The summed E-state index contributed by atoms with van der Waals surface area (Å²) in [7, 11) is 1.74. The number of fused-ring (bicyclic) bond motifs is 1. The molecule has 8 heteroatoms. The van der Waals surface area contributed by atoms with E-state index in [1.54, 1.807) is 36.1 Å². The molecule has 3 aromatic rings. The molecule has 1 amide bonds. The van der Waals surface area contributed by atoms with Gasteiger partial charge in [-0.1, -0.05) is 26.0 Å². The van der Waals surface area contributed by atoms with Gasteiger partial charge in [-0.05, 0) is 41.7 Å². The van der Waals surface area contributed by atoms with Crippen molar-refractivity contribution in [1.82, 2.24) is 20.1 Å². The number of ketones is 1. The molecule has 7 nitrogen and oxygen atoms in total. The summed E-state index contributed by atoms with van der Waals surface area (Å²) in [5, 5.41) is 7.15. The van der Waals surface area contributed by atoms with Gasteiger partial charge in [0.25, 0.3) is 11.5 Å². The lowest BCUT2D eigenvalue weighted by atomic mass is 9.75. The molecule has 0 bridgehead atoms. The number of nitrogens with one attached hydrogen (secondary N) is 2. The Balaban J connectivity index is 1.70. The van der Waals surface area contributed by atoms with Gasteiger partial charge in [-0.25, -0.2) is 4.39 Å². The molecule has 1 unspecified atom stereocenters. The number of aryl methyl sites for hydroxylation is 1. The van der Waals surface area contributed by atoms with Crippen molar-refractivity contribution in [2.45, 2.75) is 32.7 Å². The number of halogens is 1. The molecule has 2 N–H and O–H groups in total. The Bertz CT molecular complexity index is 1220. The molecule has 31 heavy (non-hydrogen) atoms. The van der Waals surface area contributed by atoms with E-state index in [1.807, 2.05) is 13.8 Å². The van der Waals surface area contributed by atoms with Gasteiger partial charge in [0, 0.05) is 30.9 Å². The number of nitrogens with zero attached hydrogens (tertiary/aromatic N) is 2. The minimum absolute atomic E-state index is 0.101. The molecular formula is C23H23FN4O3. The normalized spacial score (nSPS) is 15.9. The molecule has 1 aliphatic rings. The third-order valence-electron chi connectivity index (χ3n) is 5.47. The van der Waals surface area contributed by atoms with Crippen molar-refractivity contribution in [3.8, 4) is 0 Å². The van der Waals surface area contributed by atoms with Crippen molar-refractivity contribution >= 4 is 11.7 Å². The van der Waals surface area contributed by atoms with Crippen LogP contribution in [0.15, 0.2) is 47.4 Å². The minimum Gasteiger partial charge on any atom is -0.339 e. The van der Waals surface area contributed by atoms with Crippen LogP contribution in [0.25, 0.3) is 0 Å². The van der Waals surface area contributed by atoms with Gasteiger partial charge in [0.2, 0.25) is 0 Å². The van der Waals surface area contributed by atoms with Crippen molar-refractivity contribution in [2.24, 2.45) is 12.5 Å². The summed E-state index contributed by atoms with van der Waals surface area (Å²) in [5.74, 6) is -1.14. The van der Waals surface area contributed by atoms with Crippen LogP contribution in [0.1, 0.15) is 64.0 Å². The van der Waals surface area contributed by atoms with Gasteiger partial charge in [-0.3, -0.25) is 19.1 Å². The quantitative estimate of drug-likeness (QED) is 0.676. The highest BCUT2D eigenvalue weighted by Crippen LogP contribution is 2.33. The molecule has 0 fully saturated rings. The van der Waals surface area contributed by atoms with Crippen LogP contribution in [0.5, 0.6) is 0 Å². The molecule has 0 aliphatic heterocycles. The van der Waals surface area contributed by atoms with Crippen LogP contribution in [0.3, 0.4) is 0 Å². The first-order valence-electron chi connectivity index (χ1n) is 9.98. The van der Waals surface area contributed by atoms with Crippen LogP contribution < -0.4 is 10.9 Å². The lowest BCUT2D eigenvalue weighted by Crippen LogP contribution is -2.36. The lowest BCUT2D eigenvalue weighted by Gasteiger charge is -2.29. The number of pyridine rings is 1. The van der Waals surface area contributed by atoms with Gasteiger partial charge in [0.15, 0.2) is 5.78 Å². The average Bonchev–Trinajstić information content (AvgIpc) is 3.11. The number of hydrogen-bond acceptors (Lipinski definition) is 4. The maximum absolute atomic E-state index is 13.4. The summed E-state index contributed by atoms with van der Waals surface area (Å²) in [5.41, 5.74) is 1.14. The lowest BCUT2D eigenvalue weighted by molar-refractivity contribution is 0.0910. The Kier molecular flexibility index (Phi) is 5.08. The molecule has 4 rings (SSSR count). The van der Waals surface area contributed by atoms with Crippen LogP contribution in [0.4, 0.5) is 4.39 Å². The number of aromatic amines is 1. The number of amides is 1. The molecule has 1 aromatic carbocycles. The van der Waals surface area contributed by atoms with E-state index in [4.69, 9.17) is 0 Å². The second-order valence-electron chi connectivity index (χ2n) is 8.72. The number of Topliss-reactive ketones (excluding diaryl/α,β-unsaturated/α-hetero) is 1. The highest BCUT2D eigenvalue weighted by Gasteiger charge is 2.33. The summed E-state index contributed by atoms with van der Waals surface area (Å²) in [6.45, 7) is 3.93.